The van der Waals surface area contributed by atoms with Crippen LogP contribution in [0.4, 0.5) is 11.4 Å². The van der Waals surface area contributed by atoms with Crippen LogP contribution in [0.5, 0.6) is 11.5 Å². The Kier molecular flexibility index (Phi) is 5.92. The van der Waals surface area contributed by atoms with Gasteiger partial charge < -0.3 is 21.7 Å². The molecule has 0 aliphatic rings. The molecule has 0 saturated carbocycles. The van der Waals surface area contributed by atoms with Gasteiger partial charge in [-0.15, -0.1) is 0 Å². The highest BCUT2D eigenvalue weighted by Crippen LogP contribution is 2.49. The van der Waals surface area contributed by atoms with Crippen LogP contribution in [0.15, 0.2) is 36.4 Å². The van der Waals surface area contributed by atoms with Gasteiger partial charge in [-0.2, -0.15) is 0 Å². The highest BCUT2D eigenvalue weighted by atomic mass is 16.6. The fourth-order valence-electron chi connectivity index (χ4n) is 3.62. The van der Waals surface area contributed by atoms with Crippen molar-refractivity contribution in [2.75, 3.05) is 0 Å². The molecule has 0 radical (unpaired) electrons. The van der Waals surface area contributed by atoms with E-state index in [0.717, 1.165) is 24.3 Å². The molecule has 34 heavy (non-hydrogen) atoms. The SMILES string of the molecule is Cc1cc(-c2c([N+](=O)[O-])ccc(C(N)=O)c2O)c(-c2c([N+](=O)[O-])ccc(C(N)=O)c2O)cc1C. The predicted molar refractivity (Wildman–Crippen MR) is 120 cm³/mol. The summed E-state index contributed by atoms with van der Waals surface area (Å²) in [7, 11) is 0. The van der Waals surface area contributed by atoms with Crippen LogP contribution in [0, 0.1) is 34.1 Å². The van der Waals surface area contributed by atoms with Gasteiger partial charge in [0.25, 0.3) is 23.2 Å². The molecule has 0 heterocycles. The van der Waals surface area contributed by atoms with Gasteiger partial charge in [-0.3, -0.25) is 29.8 Å². The van der Waals surface area contributed by atoms with E-state index in [2.05, 4.69) is 0 Å². The topological polar surface area (TPSA) is 213 Å². The number of hydrogen-bond acceptors (Lipinski definition) is 8. The van der Waals surface area contributed by atoms with Gasteiger partial charge in [0.1, 0.15) is 22.6 Å². The number of carbonyl (C=O) groups is 2. The standard InChI is InChI=1S/C22H18N4O8/c1-9-7-13(17-15(25(31)32)5-3-11(19(17)27)21(23)29)14(8-10(9)2)18-16(26(33)34)6-4-12(20(18)28)22(24)30/h3-8,27-28H,1-2H3,(H2,23,29)(H2,24,30). The first-order valence-electron chi connectivity index (χ1n) is 9.59. The Labute approximate surface area is 191 Å². The minimum absolute atomic E-state index is 0.115. The molecule has 174 valence electrons. The maximum absolute atomic E-state index is 11.8. The first-order valence-corrected chi connectivity index (χ1v) is 9.59. The van der Waals surface area contributed by atoms with Crippen LogP contribution in [0.25, 0.3) is 22.3 Å². The molecule has 3 rings (SSSR count). The van der Waals surface area contributed by atoms with Crippen molar-refractivity contribution in [2.24, 2.45) is 11.5 Å². The summed E-state index contributed by atoms with van der Waals surface area (Å²) in [5.41, 5.74) is 8.50. The van der Waals surface area contributed by atoms with Gasteiger partial charge in [0, 0.05) is 23.3 Å². The van der Waals surface area contributed by atoms with Gasteiger partial charge >= 0.3 is 0 Å². The minimum Gasteiger partial charge on any atom is -0.506 e. The highest BCUT2D eigenvalue weighted by Gasteiger charge is 2.31. The van der Waals surface area contributed by atoms with Crippen molar-refractivity contribution < 1.29 is 29.6 Å². The summed E-state index contributed by atoms with van der Waals surface area (Å²) in [6.07, 6.45) is 0. The van der Waals surface area contributed by atoms with Crippen LogP contribution in [0.3, 0.4) is 0 Å². The van der Waals surface area contributed by atoms with Gasteiger partial charge in [-0.05, 0) is 37.1 Å². The molecule has 0 spiro atoms. The van der Waals surface area contributed by atoms with Gasteiger partial charge in [-0.1, -0.05) is 12.1 Å². The maximum atomic E-state index is 11.8. The largest absolute Gasteiger partial charge is 0.506 e. The van der Waals surface area contributed by atoms with Crippen LogP contribution in [0.2, 0.25) is 0 Å². The average molecular weight is 466 g/mol. The van der Waals surface area contributed by atoms with E-state index in [1.54, 1.807) is 13.8 Å². The number of rotatable bonds is 6. The molecule has 0 aliphatic carbocycles. The molecule has 2 amide bonds. The Hall–Kier alpha value is -5.00. The predicted octanol–water partition coefficient (Wildman–Crippen LogP) is 3.06. The van der Waals surface area contributed by atoms with Crippen LogP contribution in [-0.2, 0) is 0 Å². The first-order chi connectivity index (χ1) is 15.9. The van der Waals surface area contributed by atoms with Crippen molar-refractivity contribution in [3.63, 3.8) is 0 Å². The second-order valence-corrected chi connectivity index (χ2v) is 7.44. The second kappa shape index (κ2) is 8.50. The van der Waals surface area contributed by atoms with E-state index in [9.17, 15) is 40.0 Å². The van der Waals surface area contributed by atoms with Gasteiger partial charge in [0.05, 0.1) is 21.0 Å². The van der Waals surface area contributed by atoms with Crippen LogP contribution in [-0.4, -0.2) is 31.9 Å². The summed E-state index contributed by atoms with van der Waals surface area (Å²) < 4.78 is 0. The Morgan fingerprint density at radius 3 is 1.32 bits per heavy atom. The summed E-state index contributed by atoms with van der Waals surface area (Å²) in [6.45, 7) is 3.30. The van der Waals surface area contributed by atoms with Crippen LogP contribution < -0.4 is 11.5 Å². The lowest BCUT2D eigenvalue weighted by molar-refractivity contribution is -0.384. The summed E-state index contributed by atoms with van der Waals surface area (Å²) in [6, 6.07) is 6.68. The number of primary amides is 2. The number of nitrogens with zero attached hydrogens (tertiary/aromatic N) is 2. The molecule has 3 aromatic carbocycles. The lowest BCUT2D eigenvalue weighted by Gasteiger charge is -2.17. The molecular formula is C22H18N4O8. The lowest BCUT2D eigenvalue weighted by Crippen LogP contribution is -2.12. The first kappa shape index (κ1) is 23.7. The smallest absolute Gasteiger partial charge is 0.281 e. The molecule has 0 bridgehead atoms. The summed E-state index contributed by atoms with van der Waals surface area (Å²) >= 11 is 0. The van der Waals surface area contributed by atoms with Crippen molar-refractivity contribution >= 4 is 23.2 Å². The number of nitro benzene ring substituents is 2. The molecular weight excluding hydrogens is 448 g/mol. The van der Waals surface area contributed by atoms with E-state index in [4.69, 9.17) is 11.5 Å². The monoisotopic (exact) mass is 466 g/mol. The van der Waals surface area contributed by atoms with E-state index in [0.29, 0.717) is 11.1 Å². The molecule has 0 unspecified atom stereocenters. The lowest BCUT2D eigenvalue weighted by atomic mass is 9.87. The zero-order valence-corrected chi connectivity index (χ0v) is 17.9. The number of nitro groups is 2. The second-order valence-electron chi connectivity index (χ2n) is 7.44. The molecule has 0 saturated heterocycles. The normalized spacial score (nSPS) is 10.6. The zero-order valence-electron chi connectivity index (χ0n) is 17.9. The van der Waals surface area contributed by atoms with E-state index in [-0.39, 0.29) is 11.1 Å². The average Bonchev–Trinajstić information content (AvgIpc) is 2.74. The van der Waals surface area contributed by atoms with Crippen LogP contribution in [0.1, 0.15) is 31.8 Å². The van der Waals surface area contributed by atoms with E-state index in [1.807, 2.05) is 0 Å². The number of amides is 2. The third kappa shape index (κ3) is 3.83. The van der Waals surface area contributed by atoms with Crippen LogP contribution >= 0.6 is 0 Å². The molecule has 0 fully saturated rings. The number of carbonyl (C=O) groups excluding carboxylic acids is 2. The highest BCUT2D eigenvalue weighted by molar-refractivity contribution is 6.05. The fraction of sp³-hybridized carbons (Fsp3) is 0.0909. The Bertz CT molecular complexity index is 1310. The molecule has 0 atom stereocenters. The Morgan fingerprint density at radius 2 is 1.06 bits per heavy atom. The summed E-state index contributed by atoms with van der Waals surface area (Å²) in [5, 5.41) is 45.1. The van der Waals surface area contributed by atoms with Crippen molar-refractivity contribution in [1.82, 2.24) is 0 Å². The molecule has 0 aliphatic heterocycles. The Balaban J connectivity index is 2.60. The number of benzene rings is 3. The number of aryl methyl sites for hydroxylation is 2. The quantitative estimate of drug-likeness (QED) is 0.312. The minimum atomic E-state index is -1.07. The molecule has 0 aromatic heterocycles. The zero-order chi connectivity index (χ0) is 25.5. The number of aromatic hydroxyl groups is 2. The van der Waals surface area contributed by atoms with Crippen molar-refractivity contribution in [3.05, 3.63) is 78.9 Å². The van der Waals surface area contributed by atoms with Gasteiger partial charge in [0.2, 0.25) is 0 Å². The van der Waals surface area contributed by atoms with Crippen molar-refractivity contribution in [1.29, 1.82) is 0 Å². The summed E-state index contributed by atoms with van der Waals surface area (Å²) in [5.74, 6) is -3.77. The molecule has 3 aromatic rings. The van der Waals surface area contributed by atoms with E-state index < -0.39 is 66.8 Å². The fourth-order valence-corrected chi connectivity index (χ4v) is 3.62. The Morgan fingerprint density at radius 1 is 0.735 bits per heavy atom. The summed E-state index contributed by atoms with van der Waals surface area (Å²) in [4.78, 5) is 45.5. The number of hydrogen-bond donors (Lipinski definition) is 4. The van der Waals surface area contributed by atoms with Gasteiger partial charge in [0.15, 0.2) is 0 Å². The molecule has 12 nitrogen and oxygen atoms in total. The van der Waals surface area contributed by atoms with Crippen molar-refractivity contribution in [2.45, 2.75) is 13.8 Å². The van der Waals surface area contributed by atoms with Gasteiger partial charge in [-0.25, -0.2) is 0 Å². The van der Waals surface area contributed by atoms with E-state index in [1.165, 1.54) is 12.1 Å². The number of nitrogens with two attached hydrogens (primary N) is 2. The maximum Gasteiger partial charge on any atom is 0.281 e. The molecule has 12 heteroatoms. The number of phenols is 2. The van der Waals surface area contributed by atoms with Crippen molar-refractivity contribution in [3.8, 4) is 33.8 Å². The third-order valence-corrected chi connectivity index (χ3v) is 5.41. The molecule has 6 N–H and O–H groups in total. The van der Waals surface area contributed by atoms with E-state index >= 15 is 0 Å². The third-order valence-electron chi connectivity index (χ3n) is 5.41.